The highest BCUT2D eigenvalue weighted by molar-refractivity contribution is 5.47. The average Bonchev–Trinajstić information content (AvgIpc) is 2.34. The second-order valence-electron chi connectivity index (χ2n) is 4.21. The lowest BCUT2D eigenvalue weighted by Crippen LogP contribution is -2.05. The molecule has 1 N–H and O–H groups in total. The Morgan fingerprint density at radius 2 is 1.67 bits per heavy atom. The van der Waals surface area contributed by atoms with Crippen molar-refractivity contribution >= 4 is 0 Å². The number of hydrogen-bond donors (Lipinski definition) is 1. The molecule has 0 aromatic carbocycles. The van der Waals surface area contributed by atoms with Crippen molar-refractivity contribution in [1.29, 1.82) is 0 Å². The van der Waals surface area contributed by atoms with Gasteiger partial charge in [0.05, 0.1) is 0 Å². The molecule has 0 aromatic rings. The average molecular weight is 243 g/mol. The summed E-state index contributed by atoms with van der Waals surface area (Å²) in [6.45, 7) is 16.2. The van der Waals surface area contributed by atoms with Crippen molar-refractivity contribution in [1.82, 2.24) is 5.32 Å². The summed E-state index contributed by atoms with van der Waals surface area (Å²) < 4.78 is 0. The van der Waals surface area contributed by atoms with Crippen molar-refractivity contribution in [2.45, 2.75) is 27.7 Å². The maximum absolute atomic E-state index is 4.09. The van der Waals surface area contributed by atoms with Crippen molar-refractivity contribution in [3.8, 4) is 0 Å². The lowest BCUT2D eigenvalue weighted by Gasteiger charge is -2.08. The minimum absolute atomic E-state index is 0.916. The minimum atomic E-state index is 0.916. The highest BCUT2D eigenvalue weighted by Crippen LogP contribution is 2.16. The third kappa shape index (κ3) is 5.53. The van der Waals surface area contributed by atoms with Gasteiger partial charge >= 0.3 is 0 Å². The van der Waals surface area contributed by atoms with Crippen molar-refractivity contribution < 1.29 is 0 Å². The fraction of sp³-hybridized carbons (Fsp3) is 0.294. The van der Waals surface area contributed by atoms with E-state index < -0.39 is 0 Å². The molecule has 0 amide bonds. The first-order valence-electron chi connectivity index (χ1n) is 6.18. The van der Waals surface area contributed by atoms with Crippen LogP contribution in [0.3, 0.4) is 0 Å². The Labute approximate surface area is 112 Å². The molecule has 0 fully saturated rings. The maximum Gasteiger partial charge on any atom is 0.0334 e. The van der Waals surface area contributed by atoms with Crippen LogP contribution in [-0.4, -0.2) is 7.05 Å². The Kier molecular flexibility index (Phi) is 7.53. The van der Waals surface area contributed by atoms with Crippen LogP contribution in [0.2, 0.25) is 0 Å². The molecule has 0 saturated heterocycles. The molecular formula is C17H25N. The molecule has 0 aromatic heterocycles. The van der Waals surface area contributed by atoms with Crippen molar-refractivity contribution in [2.75, 3.05) is 7.05 Å². The Morgan fingerprint density at radius 3 is 2.11 bits per heavy atom. The summed E-state index contributed by atoms with van der Waals surface area (Å²) in [6, 6.07) is 0. The van der Waals surface area contributed by atoms with E-state index in [9.17, 15) is 0 Å². The zero-order valence-corrected chi connectivity index (χ0v) is 12.3. The predicted octanol–water partition coefficient (Wildman–Crippen LogP) is 4.69. The van der Waals surface area contributed by atoms with Gasteiger partial charge in [0.15, 0.2) is 0 Å². The van der Waals surface area contributed by atoms with Crippen LogP contribution >= 0.6 is 0 Å². The van der Waals surface area contributed by atoms with E-state index in [-0.39, 0.29) is 0 Å². The van der Waals surface area contributed by atoms with Gasteiger partial charge in [0.25, 0.3) is 0 Å². The number of likely N-dealkylation sites (N-methyl/N-ethyl adjacent to an activating group) is 1. The SMILES string of the molecule is C=C(/C=C(C)\C=C/C)/C(C)=C/C(=C\C)C(=C)NC. The second kappa shape index (κ2) is 8.35. The van der Waals surface area contributed by atoms with E-state index in [1.54, 1.807) is 0 Å². The maximum atomic E-state index is 4.09. The van der Waals surface area contributed by atoms with E-state index in [1.165, 1.54) is 5.57 Å². The van der Waals surface area contributed by atoms with Crippen molar-refractivity contribution in [2.24, 2.45) is 0 Å². The first-order valence-corrected chi connectivity index (χ1v) is 6.18. The summed E-state index contributed by atoms with van der Waals surface area (Å²) in [5, 5.41) is 3.06. The fourth-order valence-corrected chi connectivity index (χ4v) is 1.51. The predicted molar refractivity (Wildman–Crippen MR) is 83.4 cm³/mol. The van der Waals surface area contributed by atoms with Gasteiger partial charge in [0, 0.05) is 12.7 Å². The van der Waals surface area contributed by atoms with Crippen LogP contribution in [0, 0.1) is 0 Å². The number of nitrogens with one attached hydrogen (secondary N) is 1. The van der Waals surface area contributed by atoms with E-state index in [1.807, 2.05) is 33.0 Å². The summed E-state index contributed by atoms with van der Waals surface area (Å²) in [5.74, 6) is 0. The molecule has 0 unspecified atom stereocenters. The first-order chi connectivity index (χ1) is 8.46. The molecule has 0 radical (unpaired) electrons. The van der Waals surface area contributed by atoms with E-state index in [2.05, 4.69) is 50.6 Å². The lowest BCUT2D eigenvalue weighted by atomic mass is 10.0. The standard InChI is InChI=1S/C17H25N/c1-8-10-13(3)11-14(4)15(5)12-17(9-2)16(6)18-7/h8-12,18H,4,6H2,1-3,5,7H3/b10-8-,13-11-,15-12+,17-9+. The highest BCUT2D eigenvalue weighted by Gasteiger charge is 1.99. The zero-order chi connectivity index (χ0) is 14.1. The summed E-state index contributed by atoms with van der Waals surface area (Å²) in [7, 11) is 1.87. The number of rotatable bonds is 6. The topological polar surface area (TPSA) is 12.0 Å². The van der Waals surface area contributed by atoms with Gasteiger partial charge in [-0.2, -0.15) is 0 Å². The van der Waals surface area contributed by atoms with E-state index >= 15 is 0 Å². The Hall–Kier alpha value is -1.76. The molecule has 0 heterocycles. The summed E-state index contributed by atoms with van der Waals surface area (Å²) in [6.07, 6.45) is 10.3. The largest absolute Gasteiger partial charge is 0.388 e. The quantitative estimate of drug-likeness (QED) is 0.667. The molecule has 1 heteroatoms. The highest BCUT2D eigenvalue weighted by atomic mass is 14.8. The fourth-order valence-electron chi connectivity index (χ4n) is 1.51. The van der Waals surface area contributed by atoms with Crippen molar-refractivity contribution in [3.05, 3.63) is 71.5 Å². The van der Waals surface area contributed by atoms with Crippen LogP contribution in [0.4, 0.5) is 0 Å². The summed E-state index contributed by atoms with van der Waals surface area (Å²) >= 11 is 0. The van der Waals surface area contributed by atoms with Crippen molar-refractivity contribution in [3.63, 3.8) is 0 Å². The van der Waals surface area contributed by atoms with Gasteiger partial charge in [-0.05, 0) is 50.5 Å². The van der Waals surface area contributed by atoms with Gasteiger partial charge in [-0.25, -0.2) is 0 Å². The third-order valence-electron chi connectivity index (χ3n) is 2.67. The Bertz CT molecular complexity index is 429. The number of allylic oxidation sites excluding steroid dienone is 8. The zero-order valence-electron chi connectivity index (χ0n) is 12.3. The van der Waals surface area contributed by atoms with Crippen LogP contribution in [0.25, 0.3) is 0 Å². The molecule has 0 rings (SSSR count). The lowest BCUT2D eigenvalue weighted by molar-refractivity contribution is 1.02. The smallest absolute Gasteiger partial charge is 0.0334 e. The van der Waals surface area contributed by atoms with Crippen LogP contribution in [-0.2, 0) is 0 Å². The molecule has 0 aliphatic rings. The third-order valence-corrected chi connectivity index (χ3v) is 2.67. The molecule has 1 nitrogen and oxygen atoms in total. The van der Waals surface area contributed by atoms with Gasteiger partial charge in [-0.1, -0.05) is 43.0 Å². The molecule has 0 aliphatic carbocycles. The van der Waals surface area contributed by atoms with Crippen LogP contribution in [0.5, 0.6) is 0 Å². The van der Waals surface area contributed by atoms with E-state index in [0.717, 1.165) is 22.4 Å². The Balaban J connectivity index is 5.05. The Morgan fingerprint density at radius 1 is 1.06 bits per heavy atom. The second-order valence-corrected chi connectivity index (χ2v) is 4.21. The van der Waals surface area contributed by atoms with Gasteiger partial charge < -0.3 is 5.32 Å². The molecule has 0 aliphatic heterocycles. The minimum Gasteiger partial charge on any atom is -0.388 e. The van der Waals surface area contributed by atoms with Crippen LogP contribution in [0.1, 0.15) is 27.7 Å². The summed E-state index contributed by atoms with van der Waals surface area (Å²) in [5.41, 5.74) is 5.37. The van der Waals surface area contributed by atoms with Gasteiger partial charge in [-0.15, -0.1) is 0 Å². The van der Waals surface area contributed by atoms with Gasteiger partial charge in [0.2, 0.25) is 0 Å². The number of hydrogen-bond acceptors (Lipinski definition) is 1. The molecule has 0 saturated carbocycles. The molecule has 0 atom stereocenters. The molecule has 0 bridgehead atoms. The molecular weight excluding hydrogens is 218 g/mol. The first kappa shape index (κ1) is 16.2. The molecule has 0 spiro atoms. The monoisotopic (exact) mass is 243 g/mol. The summed E-state index contributed by atoms with van der Waals surface area (Å²) in [4.78, 5) is 0. The molecule has 98 valence electrons. The van der Waals surface area contributed by atoms with Crippen LogP contribution < -0.4 is 5.32 Å². The normalized spacial score (nSPS) is 13.9. The van der Waals surface area contributed by atoms with Crippen LogP contribution in [0.15, 0.2) is 71.5 Å². The van der Waals surface area contributed by atoms with E-state index in [0.29, 0.717) is 0 Å². The van der Waals surface area contributed by atoms with Gasteiger partial charge in [-0.3, -0.25) is 0 Å². The van der Waals surface area contributed by atoms with E-state index in [4.69, 9.17) is 0 Å². The van der Waals surface area contributed by atoms with Gasteiger partial charge in [0.1, 0.15) is 0 Å². The molecule has 18 heavy (non-hydrogen) atoms.